The highest BCUT2D eigenvalue weighted by Gasteiger charge is 2.34. The van der Waals surface area contributed by atoms with Crippen molar-refractivity contribution in [2.45, 2.75) is 25.9 Å². The van der Waals surface area contributed by atoms with Gasteiger partial charge in [-0.05, 0) is 38.1 Å². The van der Waals surface area contributed by atoms with Gasteiger partial charge in [0.1, 0.15) is 5.82 Å². The second-order valence-electron chi connectivity index (χ2n) is 7.03. The van der Waals surface area contributed by atoms with Gasteiger partial charge < -0.3 is 10.0 Å². The quantitative estimate of drug-likeness (QED) is 0.670. The Morgan fingerprint density at radius 1 is 1.18 bits per heavy atom. The number of hydrogen-bond acceptors (Lipinski definition) is 4. The molecule has 0 saturated carbocycles. The first-order valence-electron chi connectivity index (χ1n) is 8.91. The summed E-state index contributed by atoms with van der Waals surface area (Å²) in [6, 6.07) is 6.94. The Kier molecular flexibility index (Phi) is 4.81. The van der Waals surface area contributed by atoms with Crippen LogP contribution in [0.15, 0.2) is 36.7 Å². The summed E-state index contributed by atoms with van der Waals surface area (Å²) >= 11 is 12.6. The van der Waals surface area contributed by atoms with E-state index in [2.05, 4.69) is 5.10 Å². The number of hydrogen-bond donors (Lipinski definition) is 1. The fourth-order valence-corrected chi connectivity index (χ4v) is 4.21. The van der Waals surface area contributed by atoms with Crippen molar-refractivity contribution in [3.8, 4) is 11.3 Å². The van der Waals surface area contributed by atoms with Crippen LogP contribution in [0.3, 0.4) is 0 Å². The molecule has 1 aliphatic rings. The minimum absolute atomic E-state index is 0.168. The van der Waals surface area contributed by atoms with Gasteiger partial charge in [-0.3, -0.25) is 4.90 Å². The van der Waals surface area contributed by atoms with Crippen molar-refractivity contribution in [1.82, 2.24) is 19.5 Å². The van der Waals surface area contributed by atoms with Gasteiger partial charge >= 0.3 is 6.09 Å². The van der Waals surface area contributed by atoms with E-state index in [0.29, 0.717) is 29.0 Å². The van der Waals surface area contributed by atoms with Crippen LogP contribution in [0.25, 0.3) is 16.8 Å². The molecule has 1 saturated heterocycles. The van der Waals surface area contributed by atoms with Gasteiger partial charge in [-0.1, -0.05) is 23.2 Å². The molecule has 0 aromatic carbocycles. The Labute approximate surface area is 172 Å². The van der Waals surface area contributed by atoms with Crippen LogP contribution in [0.1, 0.15) is 13.8 Å². The van der Waals surface area contributed by atoms with E-state index in [4.69, 9.17) is 28.2 Å². The monoisotopic (exact) mass is 419 g/mol. The SMILES string of the molecule is C[C@@H]1CN(c2nc(-c3cnn4ccc(Cl)cc34)ccc2Cl)C[C@H](C)N1C(=O)O. The lowest BCUT2D eigenvalue weighted by Gasteiger charge is -2.43. The Hall–Kier alpha value is -2.51. The molecule has 0 aliphatic carbocycles. The van der Waals surface area contributed by atoms with Crippen molar-refractivity contribution in [2.75, 3.05) is 18.0 Å². The molecule has 1 aliphatic heterocycles. The summed E-state index contributed by atoms with van der Waals surface area (Å²) in [4.78, 5) is 19.8. The number of amides is 1. The van der Waals surface area contributed by atoms with Crippen LogP contribution >= 0.6 is 23.2 Å². The molecule has 0 bridgehead atoms. The summed E-state index contributed by atoms with van der Waals surface area (Å²) in [5, 5.41) is 14.9. The zero-order chi connectivity index (χ0) is 20.0. The highest BCUT2D eigenvalue weighted by molar-refractivity contribution is 6.33. The molecule has 7 nitrogen and oxygen atoms in total. The molecule has 28 heavy (non-hydrogen) atoms. The van der Waals surface area contributed by atoms with Crippen molar-refractivity contribution in [2.24, 2.45) is 0 Å². The van der Waals surface area contributed by atoms with Crippen molar-refractivity contribution in [3.63, 3.8) is 0 Å². The highest BCUT2D eigenvalue weighted by atomic mass is 35.5. The smallest absolute Gasteiger partial charge is 0.407 e. The van der Waals surface area contributed by atoms with Crippen LogP contribution in [-0.2, 0) is 0 Å². The summed E-state index contributed by atoms with van der Waals surface area (Å²) in [5.41, 5.74) is 2.44. The van der Waals surface area contributed by atoms with Gasteiger partial charge in [0.05, 0.1) is 34.5 Å². The summed E-state index contributed by atoms with van der Waals surface area (Å²) in [5.74, 6) is 0.643. The van der Waals surface area contributed by atoms with E-state index in [1.54, 1.807) is 23.0 Å². The first-order valence-corrected chi connectivity index (χ1v) is 9.66. The van der Waals surface area contributed by atoms with Gasteiger partial charge in [0, 0.05) is 29.9 Å². The van der Waals surface area contributed by atoms with E-state index in [0.717, 1.165) is 16.8 Å². The molecule has 3 aromatic rings. The average molecular weight is 420 g/mol. The maximum Gasteiger partial charge on any atom is 0.407 e. The fourth-order valence-electron chi connectivity index (χ4n) is 3.83. The highest BCUT2D eigenvalue weighted by Crippen LogP contribution is 2.32. The van der Waals surface area contributed by atoms with Gasteiger partial charge in [0.25, 0.3) is 0 Å². The lowest BCUT2D eigenvalue weighted by atomic mass is 10.1. The van der Waals surface area contributed by atoms with Crippen LogP contribution in [0, 0.1) is 0 Å². The first-order chi connectivity index (χ1) is 13.3. The van der Waals surface area contributed by atoms with Gasteiger partial charge in [0.15, 0.2) is 0 Å². The van der Waals surface area contributed by atoms with Crippen LogP contribution in [-0.4, -0.2) is 55.9 Å². The Balaban J connectivity index is 1.72. The van der Waals surface area contributed by atoms with E-state index in [1.165, 1.54) is 4.90 Å². The maximum atomic E-state index is 11.5. The van der Waals surface area contributed by atoms with Gasteiger partial charge in [0.2, 0.25) is 0 Å². The first kappa shape index (κ1) is 18.8. The van der Waals surface area contributed by atoms with E-state index in [9.17, 15) is 9.90 Å². The van der Waals surface area contributed by atoms with E-state index < -0.39 is 6.09 Å². The number of carboxylic acid groups (broad SMARTS) is 1. The standard InChI is InChI=1S/C19H19Cl2N5O2/c1-11-9-24(10-12(2)26(11)19(27)28)18-15(21)3-4-16(23-18)14-8-22-25-6-5-13(20)7-17(14)25/h3-8,11-12H,9-10H2,1-2H3,(H,27,28)/t11-,12+. The fraction of sp³-hybridized carbons (Fsp3) is 0.316. The van der Waals surface area contributed by atoms with E-state index >= 15 is 0 Å². The summed E-state index contributed by atoms with van der Waals surface area (Å²) in [6.45, 7) is 4.82. The summed E-state index contributed by atoms with van der Waals surface area (Å²) in [6.07, 6.45) is 2.64. The largest absolute Gasteiger partial charge is 0.465 e. The predicted molar refractivity (Wildman–Crippen MR) is 109 cm³/mol. The average Bonchev–Trinajstić information content (AvgIpc) is 3.04. The Morgan fingerprint density at radius 3 is 2.57 bits per heavy atom. The summed E-state index contributed by atoms with van der Waals surface area (Å²) in [7, 11) is 0. The minimum Gasteiger partial charge on any atom is -0.465 e. The Bertz CT molecular complexity index is 1040. The van der Waals surface area contributed by atoms with E-state index in [-0.39, 0.29) is 12.1 Å². The van der Waals surface area contributed by atoms with Crippen LogP contribution < -0.4 is 4.90 Å². The molecule has 146 valence electrons. The molecule has 0 unspecified atom stereocenters. The molecular formula is C19H19Cl2N5O2. The van der Waals surface area contributed by atoms with Crippen LogP contribution in [0.2, 0.25) is 10.0 Å². The number of rotatable bonds is 2. The number of piperazine rings is 1. The topological polar surface area (TPSA) is 74.0 Å². The van der Waals surface area contributed by atoms with Crippen molar-refractivity contribution < 1.29 is 9.90 Å². The van der Waals surface area contributed by atoms with Crippen molar-refractivity contribution in [3.05, 3.63) is 46.7 Å². The zero-order valence-corrected chi connectivity index (χ0v) is 16.9. The lowest BCUT2D eigenvalue weighted by Crippen LogP contribution is -2.58. The number of anilines is 1. The van der Waals surface area contributed by atoms with E-state index in [1.807, 2.05) is 36.9 Å². The molecule has 3 aromatic heterocycles. The summed E-state index contributed by atoms with van der Waals surface area (Å²) < 4.78 is 1.74. The van der Waals surface area contributed by atoms with Gasteiger partial charge in [-0.15, -0.1) is 0 Å². The van der Waals surface area contributed by atoms with Crippen molar-refractivity contribution >= 4 is 40.6 Å². The number of fused-ring (bicyclic) bond motifs is 1. The molecule has 4 rings (SSSR count). The van der Waals surface area contributed by atoms with Crippen LogP contribution in [0.5, 0.6) is 0 Å². The molecule has 1 N–H and O–H groups in total. The Morgan fingerprint density at radius 2 is 1.89 bits per heavy atom. The molecule has 4 heterocycles. The maximum absolute atomic E-state index is 11.5. The lowest BCUT2D eigenvalue weighted by molar-refractivity contribution is 0.0981. The number of carbonyl (C=O) groups is 1. The van der Waals surface area contributed by atoms with Crippen molar-refractivity contribution in [1.29, 1.82) is 0 Å². The third-order valence-corrected chi connectivity index (χ3v) is 5.56. The number of halogens is 2. The van der Waals surface area contributed by atoms with Gasteiger partial charge in [-0.2, -0.15) is 5.10 Å². The molecule has 9 heteroatoms. The normalized spacial score (nSPS) is 20.0. The third kappa shape index (κ3) is 3.25. The number of pyridine rings is 2. The number of nitrogens with zero attached hydrogens (tertiary/aromatic N) is 5. The second kappa shape index (κ2) is 7.14. The molecule has 1 amide bonds. The minimum atomic E-state index is -0.907. The molecule has 0 spiro atoms. The zero-order valence-electron chi connectivity index (χ0n) is 15.4. The van der Waals surface area contributed by atoms with Crippen LogP contribution in [0.4, 0.5) is 10.6 Å². The molecule has 2 atom stereocenters. The third-order valence-electron chi connectivity index (χ3n) is 5.03. The molecule has 1 fully saturated rings. The second-order valence-corrected chi connectivity index (χ2v) is 7.87. The number of aromatic nitrogens is 3. The molecular weight excluding hydrogens is 401 g/mol. The van der Waals surface area contributed by atoms with Gasteiger partial charge in [-0.25, -0.2) is 14.3 Å². The predicted octanol–water partition coefficient (Wildman–Crippen LogP) is 4.28. The molecule has 0 radical (unpaired) electrons.